The van der Waals surface area contributed by atoms with Gasteiger partial charge in [-0.3, -0.25) is 4.79 Å². The molecule has 92 valence electrons. The van der Waals surface area contributed by atoms with Crippen LogP contribution in [0.1, 0.15) is 36.9 Å². The molecule has 0 bridgehead atoms. The molecule has 0 saturated heterocycles. The van der Waals surface area contributed by atoms with Gasteiger partial charge in [-0.1, -0.05) is 31.2 Å². The smallest absolute Gasteiger partial charge is 0.251 e. The number of H-pyrrole nitrogens is 1. The maximum atomic E-state index is 11.6. The van der Waals surface area contributed by atoms with Crippen molar-refractivity contribution >= 4 is 0 Å². The standard InChI is InChI=1S/C15H16N2O/c1-2-11-9-14(18)17-15(16-11)13-6-4-3-5-12(13)10-7-8-10/h3-6,9-10H,2,7-8H2,1H3,(H,16,17,18). The van der Waals surface area contributed by atoms with Gasteiger partial charge in [-0.25, -0.2) is 4.98 Å². The van der Waals surface area contributed by atoms with Crippen molar-refractivity contribution in [3.8, 4) is 11.4 Å². The Morgan fingerprint density at radius 2 is 2.11 bits per heavy atom. The van der Waals surface area contributed by atoms with E-state index in [0.717, 1.165) is 17.7 Å². The van der Waals surface area contributed by atoms with Gasteiger partial charge in [0.1, 0.15) is 5.82 Å². The highest BCUT2D eigenvalue weighted by Gasteiger charge is 2.26. The highest BCUT2D eigenvalue weighted by Crippen LogP contribution is 2.43. The zero-order valence-electron chi connectivity index (χ0n) is 10.4. The molecule has 0 unspecified atom stereocenters. The van der Waals surface area contributed by atoms with E-state index in [1.54, 1.807) is 6.07 Å². The van der Waals surface area contributed by atoms with E-state index in [9.17, 15) is 4.79 Å². The normalized spacial score (nSPS) is 14.7. The fourth-order valence-electron chi connectivity index (χ4n) is 2.28. The third-order valence-electron chi connectivity index (χ3n) is 3.39. The van der Waals surface area contributed by atoms with Gasteiger partial charge in [-0.2, -0.15) is 0 Å². The van der Waals surface area contributed by atoms with Gasteiger partial charge in [0.15, 0.2) is 0 Å². The van der Waals surface area contributed by atoms with E-state index in [1.165, 1.54) is 18.4 Å². The van der Waals surface area contributed by atoms with Crippen LogP contribution in [0, 0.1) is 0 Å². The fraction of sp³-hybridized carbons (Fsp3) is 0.333. The van der Waals surface area contributed by atoms with E-state index in [0.29, 0.717) is 11.7 Å². The zero-order valence-corrected chi connectivity index (χ0v) is 10.4. The molecule has 0 spiro atoms. The van der Waals surface area contributed by atoms with Crippen LogP contribution >= 0.6 is 0 Å². The summed E-state index contributed by atoms with van der Waals surface area (Å²) in [4.78, 5) is 19.0. The van der Waals surface area contributed by atoms with Gasteiger partial charge >= 0.3 is 0 Å². The number of nitrogens with zero attached hydrogens (tertiary/aromatic N) is 1. The molecule has 1 saturated carbocycles. The molecule has 3 rings (SSSR count). The number of aromatic amines is 1. The fourth-order valence-corrected chi connectivity index (χ4v) is 2.28. The monoisotopic (exact) mass is 240 g/mol. The molecule has 0 atom stereocenters. The first-order valence-electron chi connectivity index (χ1n) is 6.47. The van der Waals surface area contributed by atoms with Crippen LogP contribution in [0.15, 0.2) is 35.1 Å². The molecular weight excluding hydrogens is 224 g/mol. The second-order valence-corrected chi connectivity index (χ2v) is 4.80. The lowest BCUT2D eigenvalue weighted by Crippen LogP contribution is -2.10. The number of hydrogen-bond acceptors (Lipinski definition) is 2. The first-order chi connectivity index (χ1) is 8.78. The Labute approximate surface area is 106 Å². The average Bonchev–Trinajstić information content (AvgIpc) is 3.22. The molecule has 3 heteroatoms. The first-order valence-corrected chi connectivity index (χ1v) is 6.47. The largest absolute Gasteiger partial charge is 0.307 e. The van der Waals surface area contributed by atoms with Gasteiger partial charge in [-0.05, 0) is 30.7 Å². The van der Waals surface area contributed by atoms with Crippen LogP contribution in [0.3, 0.4) is 0 Å². The Kier molecular flexibility index (Phi) is 2.74. The Morgan fingerprint density at radius 3 is 2.83 bits per heavy atom. The molecule has 0 aliphatic heterocycles. The molecule has 2 aromatic rings. The molecular formula is C15H16N2O. The maximum absolute atomic E-state index is 11.6. The Balaban J connectivity index is 2.14. The second-order valence-electron chi connectivity index (χ2n) is 4.80. The van der Waals surface area contributed by atoms with Gasteiger partial charge in [-0.15, -0.1) is 0 Å². The predicted molar refractivity (Wildman–Crippen MR) is 71.6 cm³/mol. The molecule has 1 aliphatic rings. The molecule has 1 fully saturated rings. The van der Waals surface area contributed by atoms with Crippen molar-refractivity contribution in [2.75, 3.05) is 0 Å². The van der Waals surface area contributed by atoms with Crippen molar-refractivity contribution in [1.82, 2.24) is 9.97 Å². The Bertz CT molecular complexity index is 626. The van der Waals surface area contributed by atoms with E-state index in [-0.39, 0.29) is 5.56 Å². The molecule has 1 heterocycles. The van der Waals surface area contributed by atoms with Gasteiger partial charge < -0.3 is 4.98 Å². The van der Waals surface area contributed by atoms with Crippen LogP contribution in [-0.4, -0.2) is 9.97 Å². The summed E-state index contributed by atoms with van der Waals surface area (Å²) in [6.07, 6.45) is 3.27. The first kappa shape index (κ1) is 11.2. The Hall–Kier alpha value is -1.90. The molecule has 0 amide bonds. The highest BCUT2D eigenvalue weighted by molar-refractivity contribution is 5.61. The number of aromatic nitrogens is 2. The third kappa shape index (κ3) is 2.08. The van der Waals surface area contributed by atoms with Crippen molar-refractivity contribution in [1.29, 1.82) is 0 Å². The van der Waals surface area contributed by atoms with Gasteiger partial charge in [0, 0.05) is 17.3 Å². The van der Waals surface area contributed by atoms with Crippen molar-refractivity contribution in [3.05, 3.63) is 51.9 Å². The van der Waals surface area contributed by atoms with E-state index < -0.39 is 0 Å². The topological polar surface area (TPSA) is 45.8 Å². The van der Waals surface area contributed by atoms with Gasteiger partial charge in [0.2, 0.25) is 0 Å². The van der Waals surface area contributed by atoms with Crippen LogP contribution in [-0.2, 0) is 6.42 Å². The van der Waals surface area contributed by atoms with Crippen LogP contribution in [0.5, 0.6) is 0 Å². The lowest BCUT2D eigenvalue weighted by atomic mass is 10.0. The van der Waals surface area contributed by atoms with Gasteiger partial charge in [0.05, 0.1) is 0 Å². The average molecular weight is 240 g/mol. The number of hydrogen-bond donors (Lipinski definition) is 1. The van der Waals surface area contributed by atoms with E-state index in [2.05, 4.69) is 22.1 Å². The van der Waals surface area contributed by atoms with E-state index in [1.807, 2.05) is 19.1 Å². The van der Waals surface area contributed by atoms with Crippen molar-refractivity contribution in [3.63, 3.8) is 0 Å². The van der Waals surface area contributed by atoms with Gasteiger partial charge in [0.25, 0.3) is 5.56 Å². The van der Waals surface area contributed by atoms with E-state index >= 15 is 0 Å². The molecule has 0 radical (unpaired) electrons. The van der Waals surface area contributed by atoms with Crippen LogP contribution in [0.25, 0.3) is 11.4 Å². The summed E-state index contributed by atoms with van der Waals surface area (Å²) in [6, 6.07) is 9.82. The molecule has 3 nitrogen and oxygen atoms in total. The summed E-state index contributed by atoms with van der Waals surface area (Å²) in [5.74, 6) is 1.36. The second kappa shape index (κ2) is 4.41. The van der Waals surface area contributed by atoms with Crippen LogP contribution < -0.4 is 5.56 Å². The number of aryl methyl sites for hydroxylation is 1. The summed E-state index contributed by atoms with van der Waals surface area (Å²) in [5.41, 5.74) is 3.17. The molecule has 1 aliphatic carbocycles. The molecule has 18 heavy (non-hydrogen) atoms. The molecule has 1 aromatic carbocycles. The minimum absolute atomic E-state index is 0.0672. The number of nitrogens with one attached hydrogen (secondary N) is 1. The SMILES string of the molecule is CCc1cc(=O)[nH]c(-c2ccccc2C2CC2)n1. The summed E-state index contributed by atoms with van der Waals surface area (Å²) < 4.78 is 0. The lowest BCUT2D eigenvalue weighted by Gasteiger charge is -2.08. The highest BCUT2D eigenvalue weighted by atomic mass is 16.1. The molecule has 1 N–H and O–H groups in total. The number of rotatable bonds is 3. The van der Waals surface area contributed by atoms with Crippen LogP contribution in [0.4, 0.5) is 0 Å². The van der Waals surface area contributed by atoms with Crippen LogP contribution in [0.2, 0.25) is 0 Å². The summed E-state index contributed by atoms with van der Waals surface area (Å²) in [7, 11) is 0. The Morgan fingerprint density at radius 1 is 1.33 bits per heavy atom. The summed E-state index contributed by atoms with van der Waals surface area (Å²) in [5, 5.41) is 0. The van der Waals surface area contributed by atoms with E-state index in [4.69, 9.17) is 0 Å². The third-order valence-corrected chi connectivity index (χ3v) is 3.39. The number of benzene rings is 1. The lowest BCUT2D eigenvalue weighted by molar-refractivity contribution is 0.981. The quantitative estimate of drug-likeness (QED) is 0.896. The van der Waals surface area contributed by atoms with Crippen molar-refractivity contribution in [2.45, 2.75) is 32.1 Å². The van der Waals surface area contributed by atoms with Crippen molar-refractivity contribution < 1.29 is 0 Å². The van der Waals surface area contributed by atoms with Crippen molar-refractivity contribution in [2.24, 2.45) is 0 Å². The molecule has 1 aromatic heterocycles. The summed E-state index contributed by atoms with van der Waals surface area (Å²) >= 11 is 0. The summed E-state index contributed by atoms with van der Waals surface area (Å²) in [6.45, 7) is 2.01. The maximum Gasteiger partial charge on any atom is 0.251 e. The zero-order chi connectivity index (χ0) is 12.5. The minimum Gasteiger partial charge on any atom is -0.307 e. The predicted octanol–water partition coefficient (Wildman–Crippen LogP) is 2.88. The minimum atomic E-state index is -0.0672.